The number of hydrogen-bond donors (Lipinski definition) is 1. The number of benzene rings is 1. The molecule has 4 nitrogen and oxygen atoms in total. The Balaban J connectivity index is 2.01. The second kappa shape index (κ2) is 4.85. The number of fused-ring (bicyclic) bond motifs is 1. The summed E-state index contributed by atoms with van der Waals surface area (Å²) in [7, 11) is 0. The van der Waals surface area contributed by atoms with Gasteiger partial charge in [-0.2, -0.15) is 5.26 Å². The molecule has 0 unspecified atom stereocenters. The van der Waals surface area contributed by atoms with E-state index in [4.69, 9.17) is 0 Å². The van der Waals surface area contributed by atoms with E-state index in [-0.39, 0.29) is 17.5 Å². The maximum absolute atomic E-state index is 12.7. The zero-order chi connectivity index (χ0) is 15.1. The highest BCUT2D eigenvalue weighted by atomic mass is 16.2. The van der Waals surface area contributed by atoms with Crippen LogP contribution in [0.5, 0.6) is 0 Å². The molecule has 21 heavy (non-hydrogen) atoms. The first-order valence-electron chi connectivity index (χ1n) is 7.09. The van der Waals surface area contributed by atoms with Gasteiger partial charge >= 0.3 is 0 Å². The summed E-state index contributed by atoms with van der Waals surface area (Å²) < 4.78 is 0. The Morgan fingerprint density at radius 2 is 2.05 bits per heavy atom. The Kier molecular flexibility index (Phi) is 3.13. The van der Waals surface area contributed by atoms with Gasteiger partial charge in [-0.15, -0.1) is 0 Å². The molecule has 1 aromatic carbocycles. The molecule has 106 valence electrons. The van der Waals surface area contributed by atoms with E-state index in [1.165, 1.54) is 0 Å². The van der Waals surface area contributed by atoms with Gasteiger partial charge in [0.05, 0.1) is 6.07 Å². The molecule has 0 radical (unpaired) electrons. The predicted molar refractivity (Wildman–Crippen MR) is 78.7 cm³/mol. The summed E-state index contributed by atoms with van der Waals surface area (Å²) in [4.78, 5) is 28.1. The van der Waals surface area contributed by atoms with Gasteiger partial charge in [-0.1, -0.05) is 25.1 Å². The summed E-state index contributed by atoms with van der Waals surface area (Å²) in [5, 5.41) is 10.1. The van der Waals surface area contributed by atoms with Gasteiger partial charge in [0.25, 0.3) is 0 Å². The van der Waals surface area contributed by atoms with Gasteiger partial charge in [-0.05, 0) is 25.3 Å². The fraction of sp³-hybridized carbons (Fsp3) is 0.353. The monoisotopic (exact) mass is 280 g/mol. The van der Waals surface area contributed by atoms with E-state index in [0.717, 1.165) is 17.3 Å². The number of ketones is 2. The lowest BCUT2D eigenvalue weighted by Crippen LogP contribution is -2.25. The average molecular weight is 280 g/mol. The molecule has 1 aliphatic carbocycles. The van der Waals surface area contributed by atoms with Crippen LogP contribution in [-0.4, -0.2) is 16.6 Å². The smallest absolute Gasteiger partial charge is 0.189 e. The van der Waals surface area contributed by atoms with E-state index in [2.05, 4.69) is 4.98 Å². The molecule has 0 aliphatic heterocycles. The van der Waals surface area contributed by atoms with Crippen LogP contribution < -0.4 is 0 Å². The number of H-pyrrole nitrogens is 1. The van der Waals surface area contributed by atoms with Gasteiger partial charge in [-0.3, -0.25) is 9.59 Å². The number of rotatable bonds is 4. The zero-order valence-electron chi connectivity index (χ0n) is 12.0. The molecule has 0 amide bonds. The van der Waals surface area contributed by atoms with Crippen LogP contribution in [0.3, 0.4) is 0 Å². The molecule has 4 heteroatoms. The quantitative estimate of drug-likeness (QED) is 0.691. The van der Waals surface area contributed by atoms with Crippen LogP contribution in [0, 0.1) is 36.0 Å². The van der Waals surface area contributed by atoms with Gasteiger partial charge in [0, 0.05) is 28.1 Å². The summed E-state index contributed by atoms with van der Waals surface area (Å²) >= 11 is 0. The fourth-order valence-electron chi connectivity index (χ4n) is 2.92. The second-order valence-corrected chi connectivity index (χ2v) is 5.82. The minimum Gasteiger partial charge on any atom is -0.358 e. The Labute approximate surface area is 122 Å². The van der Waals surface area contributed by atoms with Crippen LogP contribution in [0.4, 0.5) is 0 Å². The van der Waals surface area contributed by atoms with Crippen LogP contribution in [-0.2, 0) is 4.79 Å². The number of para-hydroxylation sites is 1. The molecule has 1 heterocycles. The van der Waals surface area contributed by atoms with Gasteiger partial charge in [-0.25, -0.2) is 0 Å². The van der Waals surface area contributed by atoms with Crippen molar-refractivity contribution in [2.75, 3.05) is 0 Å². The first-order valence-corrected chi connectivity index (χ1v) is 7.09. The van der Waals surface area contributed by atoms with E-state index in [1.807, 2.05) is 37.3 Å². The fourth-order valence-corrected chi connectivity index (χ4v) is 2.92. The molecule has 1 aliphatic rings. The number of nitrogens with one attached hydrogen (secondary N) is 1. The number of Topliss-reactive ketones (excluding diaryl/α,β-unsaturated/α-hetero) is 2. The number of hydrogen-bond acceptors (Lipinski definition) is 3. The Hall–Kier alpha value is -2.41. The van der Waals surface area contributed by atoms with E-state index in [1.54, 1.807) is 6.92 Å². The van der Waals surface area contributed by atoms with Crippen molar-refractivity contribution >= 4 is 22.5 Å². The summed E-state index contributed by atoms with van der Waals surface area (Å²) in [5.41, 5.74) is 2.03. The highest BCUT2D eigenvalue weighted by Gasteiger charge is 2.45. The van der Waals surface area contributed by atoms with Crippen LogP contribution >= 0.6 is 0 Å². The third-order valence-electron chi connectivity index (χ3n) is 4.29. The van der Waals surface area contributed by atoms with E-state index in [0.29, 0.717) is 17.2 Å². The molecule has 3 rings (SSSR count). The number of nitriles is 1. The lowest BCUT2D eigenvalue weighted by atomic mass is 9.90. The third kappa shape index (κ3) is 2.15. The van der Waals surface area contributed by atoms with E-state index >= 15 is 0 Å². The average Bonchev–Trinajstić information content (AvgIpc) is 3.09. The van der Waals surface area contributed by atoms with Crippen LogP contribution in [0.25, 0.3) is 10.9 Å². The SMILES string of the molecule is Cc1[nH]c2ccccc2c1C(=O)[C@H](C#N)C(=O)[C@@H]1C[C@@H]1C. The molecule has 0 spiro atoms. The minimum absolute atomic E-state index is 0.121. The van der Waals surface area contributed by atoms with Crippen molar-refractivity contribution in [1.82, 2.24) is 4.98 Å². The molecule has 0 bridgehead atoms. The van der Waals surface area contributed by atoms with Crippen molar-refractivity contribution in [2.45, 2.75) is 20.3 Å². The van der Waals surface area contributed by atoms with Crippen molar-refractivity contribution in [3.05, 3.63) is 35.5 Å². The van der Waals surface area contributed by atoms with Crippen LogP contribution in [0.15, 0.2) is 24.3 Å². The van der Waals surface area contributed by atoms with Gasteiger partial charge < -0.3 is 4.98 Å². The van der Waals surface area contributed by atoms with Crippen molar-refractivity contribution in [2.24, 2.45) is 17.8 Å². The lowest BCUT2D eigenvalue weighted by Gasteiger charge is -2.07. The minimum atomic E-state index is -1.18. The topological polar surface area (TPSA) is 73.7 Å². The van der Waals surface area contributed by atoms with E-state index in [9.17, 15) is 14.9 Å². The maximum Gasteiger partial charge on any atom is 0.189 e. The highest BCUT2D eigenvalue weighted by Crippen LogP contribution is 2.41. The number of aryl methyl sites for hydroxylation is 1. The summed E-state index contributed by atoms with van der Waals surface area (Å²) in [6.45, 7) is 3.77. The third-order valence-corrected chi connectivity index (χ3v) is 4.29. The van der Waals surface area contributed by atoms with Crippen LogP contribution in [0.1, 0.15) is 29.4 Å². The molecule has 0 saturated heterocycles. The van der Waals surface area contributed by atoms with Gasteiger partial charge in [0.1, 0.15) is 0 Å². The molecule has 2 aromatic rings. The normalized spacial score (nSPS) is 21.8. The Morgan fingerprint density at radius 1 is 1.38 bits per heavy atom. The molecule has 1 fully saturated rings. The number of aromatic amines is 1. The first-order chi connectivity index (χ1) is 10.0. The largest absolute Gasteiger partial charge is 0.358 e. The van der Waals surface area contributed by atoms with Gasteiger partial charge in [0.15, 0.2) is 17.5 Å². The molecule has 1 aromatic heterocycles. The second-order valence-electron chi connectivity index (χ2n) is 5.82. The van der Waals surface area contributed by atoms with Crippen molar-refractivity contribution in [3.8, 4) is 6.07 Å². The molecule has 3 atom stereocenters. The maximum atomic E-state index is 12.7. The standard InChI is InChI=1S/C17H16N2O2/c1-9-7-12(9)16(20)13(8-18)17(21)15-10(2)19-14-6-4-3-5-11(14)15/h3-6,9,12-13,19H,7H2,1-2H3/t9-,12+,13+/m0/s1. The molecule has 1 saturated carbocycles. The zero-order valence-corrected chi connectivity index (χ0v) is 12.0. The van der Waals surface area contributed by atoms with E-state index < -0.39 is 5.92 Å². The number of carbonyl (C=O) groups excluding carboxylic acids is 2. The highest BCUT2D eigenvalue weighted by molar-refractivity contribution is 6.19. The number of aromatic nitrogens is 1. The predicted octanol–water partition coefficient (Wildman–Crippen LogP) is 3.02. The Morgan fingerprint density at radius 3 is 2.67 bits per heavy atom. The lowest BCUT2D eigenvalue weighted by molar-refractivity contribution is -0.121. The summed E-state index contributed by atoms with van der Waals surface area (Å²) in [5.74, 6) is -1.61. The number of carbonyl (C=O) groups is 2. The summed E-state index contributed by atoms with van der Waals surface area (Å²) in [6, 6.07) is 9.36. The van der Waals surface area contributed by atoms with Crippen LogP contribution in [0.2, 0.25) is 0 Å². The van der Waals surface area contributed by atoms with Gasteiger partial charge in [0.2, 0.25) is 0 Å². The Bertz CT molecular complexity index is 782. The number of nitrogens with zero attached hydrogens (tertiary/aromatic N) is 1. The van der Waals surface area contributed by atoms with Crippen molar-refractivity contribution in [3.63, 3.8) is 0 Å². The molecular formula is C17H16N2O2. The summed E-state index contributed by atoms with van der Waals surface area (Å²) in [6.07, 6.45) is 0.789. The molecule has 1 N–H and O–H groups in total. The molecular weight excluding hydrogens is 264 g/mol. The van der Waals surface area contributed by atoms with Crippen molar-refractivity contribution in [1.29, 1.82) is 5.26 Å². The van der Waals surface area contributed by atoms with Crippen molar-refractivity contribution < 1.29 is 9.59 Å². The first kappa shape index (κ1) is 13.6.